The Morgan fingerprint density at radius 1 is 1.00 bits per heavy atom. The molecule has 0 bridgehead atoms. The minimum Gasteiger partial charge on any atom is -0.466 e. The Hall–Kier alpha value is -3.68. The number of carbonyl (C=O) groups excluding carboxylic acids is 2. The van der Waals surface area contributed by atoms with E-state index in [4.69, 9.17) is 33.0 Å². The predicted molar refractivity (Wildman–Crippen MR) is 154 cm³/mol. The summed E-state index contributed by atoms with van der Waals surface area (Å²) in [6, 6.07) is 20.9. The highest BCUT2D eigenvalue weighted by Crippen LogP contribution is 2.35. The largest absolute Gasteiger partial charge is 0.466 e. The van der Waals surface area contributed by atoms with E-state index in [9.17, 15) is 14.0 Å². The lowest BCUT2D eigenvalue weighted by Crippen LogP contribution is -2.38. The molecule has 0 saturated carbocycles. The number of hydrogen-bond donors (Lipinski definition) is 0. The number of piperidine rings is 1. The number of rotatable bonds is 7. The van der Waals surface area contributed by atoms with E-state index in [2.05, 4.69) is 0 Å². The van der Waals surface area contributed by atoms with Crippen LogP contribution in [0.5, 0.6) is 0 Å². The number of carbonyl (C=O) groups is 2. The van der Waals surface area contributed by atoms with E-state index < -0.39 is 5.97 Å². The summed E-state index contributed by atoms with van der Waals surface area (Å²) in [6.07, 6.45) is 1.24. The van der Waals surface area contributed by atoms with Gasteiger partial charge in [-0.25, -0.2) is 9.07 Å². The van der Waals surface area contributed by atoms with Crippen molar-refractivity contribution in [2.75, 3.05) is 19.7 Å². The lowest BCUT2D eigenvalue weighted by atomic mass is 9.89. The normalized spacial score (nSPS) is 13.8. The molecule has 5 rings (SSSR count). The molecule has 1 aliphatic rings. The molecule has 0 atom stereocenters. The lowest BCUT2D eigenvalue weighted by molar-refractivity contribution is -0.142. The van der Waals surface area contributed by atoms with Crippen molar-refractivity contribution in [2.24, 2.45) is 0 Å². The number of esters is 1. The standard InChI is InChI=1S/C31H28Cl2FN3O3/c1-2-40-28(38)19-25-29(31(39)36-16-14-20(15-17-36)22-6-5-7-24(34)18-22)35-37(27-9-4-3-8-26(27)33)30(25)21-10-12-23(32)13-11-21/h3-13,18,20H,2,14-17,19H2,1H3. The maximum Gasteiger partial charge on any atom is 0.310 e. The predicted octanol–water partition coefficient (Wildman–Crippen LogP) is 7.11. The fourth-order valence-electron chi connectivity index (χ4n) is 5.17. The number of amides is 1. The van der Waals surface area contributed by atoms with E-state index in [1.807, 2.05) is 36.4 Å². The summed E-state index contributed by atoms with van der Waals surface area (Å²) < 4.78 is 20.7. The summed E-state index contributed by atoms with van der Waals surface area (Å²) in [7, 11) is 0. The van der Waals surface area contributed by atoms with Crippen LogP contribution >= 0.6 is 23.2 Å². The lowest BCUT2D eigenvalue weighted by Gasteiger charge is -2.32. The van der Waals surface area contributed by atoms with E-state index in [0.29, 0.717) is 52.9 Å². The third-order valence-corrected chi connectivity index (χ3v) is 7.68. The van der Waals surface area contributed by atoms with Crippen LogP contribution < -0.4 is 0 Å². The van der Waals surface area contributed by atoms with Gasteiger partial charge in [0.2, 0.25) is 0 Å². The number of benzene rings is 3. The molecule has 4 aromatic rings. The topological polar surface area (TPSA) is 64.4 Å². The van der Waals surface area contributed by atoms with Gasteiger partial charge in [-0.2, -0.15) is 5.10 Å². The van der Waals surface area contributed by atoms with Crippen LogP contribution in [0.25, 0.3) is 16.9 Å². The average Bonchev–Trinajstić information content (AvgIpc) is 3.32. The van der Waals surface area contributed by atoms with Crippen molar-refractivity contribution in [3.8, 4) is 16.9 Å². The van der Waals surface area contributed by atoms with Crippen molar-refractivity contribution in [2.45, 2.75) is 32.1 Å². The molecule has 0 N–H and O–H groups in total. The molecule has 3 aromatic carbocycles. The van der Waals surface area contributed by atoms with Gasteiger partial charge in [-0.05, 0) is 67.6 Å². The Balaban J connectivity index is 1.56. The van der Waals surface area contributed by atoms with Gasteiger partial charge in [-0.3, -0.25) is 9.59 Å². The number of aromatic nitrogens is 2. The average molecular weight is 580 g/mol. The van der Waals surface area contributed by atoms with Crippen LogP contribution in [-0.4, -0.2) is 46.3 Å². The fourth-order valence-corrected chi connectivity index (χ4v) is 5.52. The Morgan fingerprint density at radius 3 is 2.40 bits per heavy atom. The summed E-state index contributed by atoms with van der Waals surface area (Å²) in [5, 5.41) is 5.76. The zero-order valence-electron chi connectivity index (χ0n) is 21.9. The molecule has 0 unspecified atom stereocenters. The Kier molecular flexibility index (Phi) is 8.52. The second-order valence-electron chi connectivity index (χ2n) is 9.65. The quantitative estimate of drug-likeness (QED) is 0.219. The van der Waals surface area contributed by atoms with Gasteiger partial charge in [0.25, 0.3) is 5.91 Å². The van der Waals surface area contributed by atoms with Crippen molar-refractivity contribution in [1.29, 1.82) is 0 Å². The number of likely N-dealkylation sites (tertiary alicyclic amines) is 1. The van der Waals surface area contributed by atoms with Crippen LogP contribution in [0, 0.1) is 5.82 Å². The van der Waals surface area contributed by atoms with Crippen molar-refractivity contribution in [3.05, 3.63) is 105 Å². The number of hydrogen-bond acceptors (Lipinski definition) is 4. The van der Waals surface area contributed by atoms with E-state index in [1.165, 1.54) is 6.07 Å². The van der Waals surface area contributed by atoms with Crippen molar-refractivity contribution < 1.29 is 18.7 Å². The highest BCUT2D eigenvalue weighted by Gasteiger charge is 2.32. The molecule has 1 aromatic heterocycles. The molecule has 9 heteroatoms. The number of nitrogens with zero attached hydrogens (tertiary/aromatic N) is 3. The highest BCUT2D eigenvalue weighted by atomic mass is 35.5. The SMILES string of the molecule is CCOC(=O)Cc1c(C(=O)N2CCC(c3cccc(F)c3)CC2)nn(-c2ccccc2Cl)c1-c1ccc(Cl)cc1. The minimum absolute atomic E-state index is 0.142. The van der Waals surface area contributed by atoms with Gasteiger partial charge < -0.3 is 9.64 Å². The Morgan fingerprint density at radius 2 is 1.73 bits per heavy atom. The first kappa shape index (κ1) is 27.9. The summed E-state index contributed by atoms with van der Waals surface area (Å²) in [5.74, 6) is -0.850. The van der Waals surface area contributed by atoms with Crippen molar-refractivity contribution in [1.82, 2.24) is 14.7 Å². The molecule has 0 spiro atoms. The Labute approximate surface area is 242 Å². The molecule has 0 aliphatic carbocycles. The molecule has 1 saturated heterocycles. The molecular formula is C31H28Cl2FN3O3. The van der Waals surface area contributed by atoms with Gasteiger partial charge in [0, 0.05) is 29.2 Å². The van der Waals surface area contributed by atoms with Gasteiger partial charge in [-0.15, -0.1) is 0 Å². The third-order valence-electron chi connectivity index (χ3n) is 7.11. The highest BCUT2D eigenvalue weighted by molar-refractivity contribution is 6.32. The van der Waals surface area contributed by atoms with Crippen LogP contribution in [0.15, 0.2) is 72.8 Å². The molecule has 40 heavy (non-hydrogen) atoms. The van der Waals surface area contributed by atoms with Gasteiger partial charge in [0.05, 0.1) is 29.4 Å². The maximum absolute atomic E-state index is 14.0. The first-order chi connectivity index (χ1) is 19.4. The molecular weight excluding hydrogens is 552 g/mol. The zero-order valence-corrected chi connectivity index (χ0v) is 23.5. The van der Waals surface area contributed by atoms with Gasteiger partial charge in [0.15, 0.2) is 5.69 Å². The van der Waals surface area contributed by atoms with Crippen LogP contribution in [-0.2, 0) is 16.0 Å². The van der Waals surface area contributed by atoms with Crippen LogP contribution in [0.1, 0.15) is 47.3 Å². The summed E-state index contributed by atoms with van der Waals surface area (Å²) in [6.45, 7) is 2.91. The van der Waals surface area contributed by atoms with E-state index in [1.54, 1.807) is 46.8 Å². The molecule has 0 radical (unpaired) electrons. The molecule has 1 amide bonds. The first-order valence-electron chi connectivity index (χ1n) is 13.2. The smallest absolute Gasteiger partial charge is 0.310 e. The Bertz CT molecular complexity index is 1530. The first-order valence-corrected chi connectivity index (χ1v) is 13.9. The number of ether oxygens (including phenoxy) is 1. The molecule has 2 heterocycles. The third kappa shape index (κ3) is 5.91. The van der Waals surface area contributed by atoms with Gasteiger partial charge in [-0.1, -0.05) is 59.6 Å². The number of halogens is 3. The van der Waals surface area contributed by atoms with Crippen LogP contribution in [0.4, 0.5) is 4.39 Å². The minimum atomic E-state index is -0.463. The molecule has 1 fully saturated rings. The molecule has 206 valence electrons. The molecule has 6 nitrogen and oxygen atoms in total. The fraction of sp³-hybridized carbons (Fsp3) is 0.258. The van der Waals surface area contributed by atoms with Crippen molar-refractivity contribution in [3.63, 3.8) is 0 Å². The van der Waals surface area contributed by atoms with Crippen LogP contribution in [0.2, 0.25) is 10.0 Å². The maximum atomic E-state index is 14.0. The van der Waals surface area contributed by atoms with Crippen molar-refractivity contribution >= 4 is 35.1 Å². The van der Waals surface area contributed by atoms with Crippen LogP contribution in [0.3, 0.4) is 0 Å². The van der Waals surface area contributed by atoms with E-state index in [-0.39, 0.29) is 36.4 Å². The second-order valence-corrected chi connectivity index (χ2v) is 10.5. The van der Waals surface area contributed by atoms with E-state index in [0.717, 1.165) is 11.1 Å². The van der Waals surface area contributed by atoms with Gasteiger partial charge in [0.1, 0.15) is 5.82 Å². The zero-order chi connectivity index (χ0) is 28.2. The second kappa shape index (κ2) is 12.2. The molecule has 1 aliphatic heterocycles. The monoisotopic (exact) mass is 579 g/mol. The summed E-state index contributed by atoms with van der Waals surface area (Å²) in [5.41, 5.74) is 3.42. The summed E-state index contributed by atoms with van der Waals surface area (Å²) in [4.78, 5) is 28.5. The number of para-hydroxylation sites is 1. The summed E-state index contributed by atoms with van der Waals surface area (Å²) >= 11 is 12.7. The van der Waals surface area contributed by atoms with E-state index >= 15 is 0 Å². The van der Waals surface area contributed by atoms with Gasteiger partial charge >= 0.3 is 5.97 Å².